The summed E-state index contributed by atoms with van der Waals surface area (Å²) in [5.74, 6) is 1.49. The zero-order valence-corrected chi connectivity index (χ0v) is 19.1. The summed E-state index contributed by atoms with van der Waals surface area (Å²) in [5.41, 5.74) is 6.15. The van der Waals surface area contributed by atoms with Crippen LogP contribution in [0.1, 0.15) is 16.7 Å². The lowest BCUT2D eigenvalue weighted by atomic mass is 10.0. The van der Waals surface area contributed by atoms with Gasteiger partial charge in [0, 0.05) is 31.7 Å². The third-order valence-electron chi connectivity index (χ3n) is 5.80. The molecule has 7 heteroatoms. The van der Waals surface area contributed by atoms with E-state index in [9.17, 15) is 4.79 Å². The van der Waals surface area contributed by atoms with Gasteiger partial charge in [-0.1, -0.05) is 29.8 Å². The van der Waals surface area contributed by atoms with Gasteiger partial charge in [0.15, 0.2) is 5.82 Å². The Morgan fingerprint density at radius 1 is 0.906 bits per heavy atom. The number of hydrogen-bond acceptors (Lipinski definition) is 5. The molecule has 0 bridgehead atoms. The second-order valence-electron chi connectivity index (χ2n) is 8.20. The second-order valence-corrected chi connectivity index (χ2v) is 8.20. The number of ether oxygens (including phenoxy) is 1. The maximum absolute atomic E-state index is 12.8. The Morgan fingerprint density at radius 2 is 1.62 bits per heavy atom. The van der Waals surface area contributed by atoms with Crippen LogP contribution >= 0.6 is 0 Å². The van der Waals surface area contributed by atoms with Gasteiger partial charge in [-0.3, -0.25) is 0 Å². The quantitative estimate of drug-likeness (QED) is 0.662. The lowest BCUT2D eigenvalue weighted by molar-refractivity contribution is 0.208. The number of amides is 2. The number of rotatable bonds is 4. The maximum atomic E-state index is 12.8. The van der Waals surface area contributed by atoms with Gasteiger partial charge < -0.3 is 19.9 Å². The predicted octanol–water partition coefficient (Wildman–Crippen LogP) is 4.43. The second kappa shape index (κ2) is 9.26. The zero-order chi connectivity index (χ0) is 22.7. The van der Waals surface area contributed by atoms with Crippen LogP contribution in [0.25, 0.3) is 11.3 Å². The number of piperazine rings is 1. The fourth-order valence-corrected chi connectivity index (χ4v) is 3.99. The number of urea groups is 1. The van der Waals surface area contributed by atoms with E-state index in [0.717, 1.165) is 22.6 Å². The van der Waals surface area contributed by atoms with Gasteiger partial charge in [0.25, 0.3) is 0 Å². The summed E-state index contributed by atoms with van der Waals surface area (Å²) in [5, 5.41) is 11.9. The number of nitrogens with one attached hydrogen (secondary N) is 1. The molecule has 0 radical (unpaired) electrons. The first-order chi connectivity index (χ1) is 15.4. The molecule has 0 saturated carbocycles. The van der Waals surface area contributed by atoms with E-state index in [4.69, 9.17) is 4.74 Å². The first-order valence-electron chi connectivity index (χ1n) is 10.8. The van der Waals surface area contributed by atoms with Crippen molar-refractivity contribution in [2.75, 3.05) is 43.5 Å². The zero-order valence-electron chi connectivity index (χ0n) is 19.1. The molecule has 1 N–H and O–H groups in total. The van der Waals surface area contributed by atoms with Crippen LogP contribution in [0.15, 0.2) is 48.5 Å². The minimum atomic E-state index is -0.121. The van der Waals surface area contributed by atoms with Crippen molar-refractivity contribution in [1.82, 2.24) is 15.1 Å². The molecule has 1 saturated heterocycles. The summed E-state index contributed by atoms with van der Waals surface area (Å²) in [6.45, 7) is 8.80. The van der Waals surface area contributed by atoms with Gasteiger partial charge in [-0.15, -0.1) is 10.2 Å². The van der Waals surface area contributed by atoms with Gasteiger partial charge in [-0.05, 0) is 56.2 Å². The number of nitrogens with zero attached hydrogens (tertiary/aromatic N) is 4. The van der Waals surface area contributed by atoms with Crippen LogP contribution in [0.5, 0.6) is 5.75 Å². The normalized spacial score (nSPS) is 13.8. The third kappa shape index (κ3) is 4.66. The van der Waals surface area contributed by atoms with Crippen LogP contribution in [0.4, 0.5) is 16.3 Å². The lowest BCUT2D eigenvalue weighted by Gasteiger charge is -2.35. The fraction of sp³-hybridized carbons (Fsp3) is 0.320. The number of carbonyl (C=O) groups is 1. The van der Waals surface area contributed by atoms with Crippen LogP contribution in [-0.2, 0) is 0 Å². The highest BCUT2D eigenvalue weighted by atomic mass is 16.5. The van der Waals surface area contributed by atoms with E-state index in [2.05, 4.69) is 52.5 Å². The Morgan fingerprint density at radius 3 is 2.28 bits per heavy atom. The molecule has 0 spiro atoms. The molecule has 166 valence electrons. The number of carbonyl (C=O) groups excluding carboxylic acids is 1. The van der Waals surface area contributed by atoms with Crippen LogP contribution < -0.4 is 15.0 Å². The van der Waals surface area contributed by atoms with E-state index in [1.807, 2.05) is 42.2 Å². The molecule has 1 aliphatic rings. The van der Waals surface area contributed by atoms with Crippen molar-refractivity contribution < 1.29 is 9.53 Å². The topological polar surface area (TPSA) is 70.6 Å². The summed E-state index contributed by atoms with van der Waals surface area (Å²) in [4.78, 5) is 16.7. The molecule has 32 heavy (non-hydrogen) atoms. The molecule has 3 aromatic rings. The summed E-state index contributed by atoms with van der Waals surface area (Å²) < 4.78 is 5.36. The Hall–Kier alpha value is -3.61. The average molecular weight is 432 g/mol. The molecule has 1 aromatic heterocycles. The first kappa shape index (κ1) is 21.6. The number of anilines is 2. The highest BCUT2D eigenvalue weighted by Crippen LogP contribution is 2.26. The van der Waals surface area contributed by atoms with Crippen molar-refractivity contribution in [3.05, 3.63) is 65.2 Å². The van der Waals surface area contributed by atoms with Crippen molar-refractivity contribution in [1.29, 1.82) is 0 Å². The smallest absolute Gasteiger partial charge is 0.322 e. The number of benzene rings is 2. The molecule has 7 nitrogen and oxygen atoms in total. The van der Waals surface area contributed by atoms with Crippen LogP contribution in [0.3, 0.4) is 0 Å². The van der Waals surface area contributed by atoms with E-state index >= 15 is 0 Å². The van der Waals surface area contributed by atoms with Gasteiger partial charge in [0.2, 0.25) is 0 Å². The summed E-state index contributed by atoms with van der Waals surface area (Å²) >= 11 is 0. The largest absolute Gasteiger partial charge is 0.495 e. The van der Waals surface area contributed by atoms with E-state index in [0.29, 0.717) is 37.6 Å². The van der Waals surface area contributed by atoms with Gasteiger partial charge in [-0.25, -0.2) is 4.79 Å². The molecule has 4 rings (SSSR count). The van der Waals surface area contributed by atoms with Crippen LogP contribution in [-0.4, -0.2) is 54.4 Å². The standard InChI is InChI=1S/C25H29N5O2/c1-17-5-7-20(19(3)15-17)21-8-10-24(28-27-21)29-11-13-30(14-12-29)25(31)26-22-16-18(2)6-9-23(22)32-4/h5-10,15-16H,11-14H2,1-4H3,(H,26,31). The Balaban J connectivity index is 1.37. The average Bonchev–Trinajstić information content (AvgIpc) is 2.79. The maximum Gasteiger partial charge on any atom is 0.322 e. The first-order valence-corrected chi connectivity index (χ1v) is 10.8. The molecular formula is C25H29N5O2. The summed E-state index contributed by atoms with van der Waals surface area (Å²) in [6, 6.07) is 16.0. The number of aromatic nitrogens is 2. The minimum Gasteiger partial charge on any atom is -0.495 e. The molecule has 0 atom stereocenters. The lowest BCUT2D eigenvalue weighted by Crippen LogP contribution is -2.50. The molecule has 2 heterocycles. The van der Waals surface area contributed by atoms with Gasteiger partial charge in [0.05, 0.1) is 18.5 Å². The van der Waals surface area contributed by atoms with Crippen molar-refractivity contribution in [3.8, 4) is 17.0 Å². The Labute approximate surface area is 189 Å². The van der Waals surface area contributed by atoms with Gasteiger partial charge >= 0.3 is 6.03 Å². The van der Waals surface area contributed by atoms with Crippen molar-refractivity contribution in [2.24, 2.45) is 0 Å². The summed E-state index contributed by atoms with van der Waals surface area (Å²) in [6.07, 6.45) is 0. The van der Waals surface area contributed by atoms with E-state index in [1.165, 1.54) is 11.1 Å². The van der Waals surface area contributed by atoms with Crippen LogP contribution in [0, 0.1) is 20.8 Å². The number of hydrogen-bond donors (Lipinski definition) is 1. The minimum absolute atomic E-state index is 0.121. The highest BCUT2D eigenvalue weighted by Gasteiger charge is 2.23. The number of aryl methyl sites for hydroxylation is 3. The molecule has 1 fully saturated rings. The predicted molar refractivity (Wildman–Crippen MR) is 127 cm³/mol. The van der Waals surface area contributed by atoms with E-state index < -0.39 is 0 Å². The monoisotopic (exact) mass is 431 g/mol. The van der Waals surface area contributed by atoms with Crippen molar-refractivity contribution >= 4 is 17.5 Å². The fourth-order valence-electron chi connectivity index (χ4n) is 3.99. The Kier molecular flexibility index (Phi) is 6.25. The van der Waals surface area contributed by atoms with Crippen LogP contribution in [0.2, 0.25) is 0 Å². The van der Waals surface area contributed by atoms with Crippen molar-refractivity contribution in [2.45, 2.75) is 20.8 Å². The van der Waals surface area contributed by atoms with Crippen molar-refractivity contribution in [3.63, 3.8) is 0 Å². The Bertz CT molecular complexity index is 1110. The molecule has 2 aromatic carbocycles. The third-order valence-corrected chi connectivity index (χ3v) is 5.80. The van der Waals surface area contributed by atoms with E-state index in [-0.39, 0.29) is 6.03 Å². The molecule has 0 unspecified atom stereocenters. The van der Waals surface area contributed by atoms with Gasteiger partial charge in [-0.2, -0.15) is 0 Å². The molecular weight excluding hydrogens is 402 g/mol. The number of methoxy groups -OCH3 is 1. The summed E-state index contributed by atoms with van der Waals surface area (Å²) in [7, 11) is 1.60. The van der Waals surface area contributed by atoms with Gasteiger partial charge in [0.1, 0.15) is 5.75 Å². The SMILES string of the molecule is COc1ccc(C)cc1NC(=O)N1CCN(c2ccc(-c3ccc(C)cc3C)nn2)CC1. The molecule has 2 amide bonds. The highest BCUT2D eigenvalue weighted by molar-refractivity contribution is 5.91. The molecule has 0 aliphatic carbocycles. The molecule has 1 aliphatic heterocycles. The van der Waals surface area contributed by atoms with E-state index in [1.54, 1.807) is 7.11 Å².